The van der Waals surface area contributed by atoms with Crippen LogP contribution < -0.4 is 8.92 Å². The van der Waals surface area contributed by atoms with E-state index < -0.39 is 10.1 Å². The van der Waals surface area contributed by atoms with Crippen LogP contribution in [0.1, 0.15) is 21.5 Å². The van der Waals surface area contributed by atoms with E-state index in [2.05, 4.69) is 0 Å². The number of ketones is 1. The van der Waals surface area contributed by atoms with Crippen molar-refractivity contribution < 1.29 is 22.1 Å². The average molecular weight is 427 g/mol. The van der Waals surface area contributed by atoms with Gasteiger partial charge in [0.2, 0.25) is 5.78 Å². The number of benzene rings is 3. The smallest absolute Gasteiger partial charge is 0.339 e. The molecule has 29 heavy (non-hydrogen) atoms. The zero-order valence-electron chi connectivity index (χ0n) is 15.3. The van der Waals surface area contributed by atoms with Gasteiger partial charge in [0.05, 0.1) is 5.56 Å². The molecule has 7 heteroatoms. The Morgan fingerprint density at radius 2 is 1.76 bits per heavy atom. The number of carbonyl (C=O) groups excluding carboxylic acids is 1. The lowest BCUT2D eigenvalue weighted by atomic mass is 10.1. The maximum absolute atomic E-state index is 12.6. The number of hydrogen-bond acceptors (Lipinski definition) is 5. The molecule has 0 unspecified atom stereocenters. The number of fused-ring (bicyclic) bond motifs is 1. The van der Waals surface area contributed by atoms with E-state index in [-0.39, 0.29) is 27.9 Å². The van der Waals surface area contributed by atoms with Gasteiger partial charge in [-0.15, -0.1) is 0 Å². The van der Waals surface area contributed by atoms with Gasteiger partial charge < -0.3 is 8.92 Å². The van der Waals surface area contributed by atoms with Crippen molar-refractivity contribution in [3.63, 3.8) is 0 Å². The normalized spacial score (nSPS) is 14.6. The van der Waals surface area contributed by atoms with Crippen molar-refractivity contribution in [3.8, 4) is 11.5 Å². The van der Waals surface area contributed by atoms with Crippen LogP contribution in [0.3, 0.4) is 0 Å². The fraction of sp³-hybridized carbons (Fsp3) is 0.0455. The summed E-state index contributed by atoms with van der Waals surface area (Å²) >= 11 is 5.97. The predicted molar refractivity (Wildman–Crippen MR) is 110 cm³/mol. The minimum absolute atomic E-state index is 0.0436. The van der Waals surface area contributed by atoms with Gasteiger partial charge in [-0.25, -0.2) is 0 Å². The average Bonchev–Trinajstić information content (AvgIpc) is 2.97. The van der Waals surface area contributed by atoms with Gasteiger partial charge in [0.15, 0.2) is 5.76 Å². The lowest BCUT2D eigenvalue weighted by molar-refractivity contribution is 0.101. The van der Waals surface area contributed by atoms with Gasteiger partial charge in [-0.1, -0.05) is 41.4 Å². The highest BCUT2D eigenvalue weighted by Gasteiger charge is 2.28. The molecule has 3 aromatic carbocycles. The van der Waals surface area contributed by atoms with Crippen LogP contribution in [-0.4, -0.2) is 14.2 Å². The number of ether oxygens (including phenoxy) is 1. The third kappa shape index (κ3) is 4.04. The molecule has 3 aromatic rings. The van der Waals surface area contributed by atoms with Gasteiger partial charge >= 0.3 is 10.1 Å². The number of halogens is 1. The summed E-state index contributed by atoms with van der Waals surface area (Å²) in [7, 11) is -4.00. The fourth-order valence-electron chi connectivity index (χ4n) is 2.85. The van der Waals surface area contributed by atoms with Crippen molar-refractivity contribution in [1.29, 1.82) is 0 Å². The molecule has 0 saturated heterocycles. The molecule has 0 bridgehead atoms. The Bertz CT molecular complexity index is 1240. The number of allylic oxidation sites excluding steroid dienone is 1. The molecule has 1 aliphatic rings. The predicted octanol–water partition coefficient (Wildman–Crippen LogP) is 5.03. The van der Waals surface area contributed by atoms with E-state index >= 15 is 0 Å². The highest BCUT2D eigenvalue weighted by molar-refractivity contribution is 7.87. The maximum atomic E-state index is 12.6. The lowest BCUT2D eigenvalue weighted by Gasteiger charge is -2.08. The van der Waals surface area contributed by atoms with E-state index in [9.17, 15) is 13.2 Å². The second kappa shape index (κ2) is 7.39. The van der Waals surface area contributed by atoms with E-state index in [0.29, 0.717) is 16.1 Å². The maximum Gasteiger partial charge on any atom is 0.339 e. The van der Waals surface area contributed by atoms with Crippen LogP contribution in [0.4, 0.5) is 0 Å². The van der Waals surface area contributed by atoms with Gasteiger partial charge in [-0.3, -0.25) is 4.79 Å². The molecular weight excluding hydrogens is 412 g/mol. The van der Waals surface area contributed by atoms with Crippen molar-refractivity contribution in [2.75, 3.05) is 0 Å². The van der Waals surface area contributed by atoms with Crippen LogP contribution >= 0.6 is 11.6 Å². The van der Waals surface area contributed by atoms with Crippen LogP contribution in [0.5, 0.6) is 11.5 Å². The topological polar surface area (TPSA) is 69.7 Å². The first-order valence-corrected chi connectivity index (χ1v) is 10.5. The van der Waals surface area contributed by atoms with Gasteiger partial charge in [-0.05, 0) is 55.0 Å². The minimum atomic E-state index is -4.00. The molecule has 0 aliphatic carbocycles. The molecule has 0 aromatic heterocycles. The molecule has 4 rings (SSSR count). The summed E-state index contributed by atoms with van der Waals surface area (Å²) in [6.45, 7) is 1.86. The van der Waals surface area contributed by atoms with Crippen molar-refractivity contribution in [2.45, 2.75) is 11.8 Å². The number of aryl methyl sites for hydroxylation is 1. The molecule has 1 heterocycles. The second-order valence-corrected chi connectivity index (χ2v) is 8.49. The Labute approximate surface area is 173 Å². The quantitative estimate of drug-likeness (QED) is 0.432. The highest BCUT2D eigenvalue weighted by atomic mass is 35.5. The summed E-state index contributed by atoms with van der Waals surface area (Å²) < 4.78 is 35.8. The standard InChI is InChI=1S/C22H15ClO5S/c1-14-5-8-18(9-6-14)29(25,26)28-17-7-10-19-20(13-17)27-21(22(19)24)12-15-3-2-4-16(23)11-15/h2-13H,1H3/b21-12-. The van der Waals surface area contributed by atoms with Crippen LogP contribution in [0.15, 0.2) is 77.4 Å². The molecule has 0 N–H and O–H groups in total. The number of hydrogen-bond donors (Lipinski definition) is 0. The molecule has 1 aliphatic heterocycles. The van der Waals surface area contributed by atoms with Gasteiger partial charge in [0, 0.05) is 11.1 Å². The van der Waals surface area contributed by atoms with Crippen LogP contribution in [0.25, 0.3) is 6.08 Å². The third-order valence-corrected chi connectivity index (χ3v) is 5.80. The van der Waals surface area contributed by atoms with E-state index in [1.807, 2.05) is 6.92 Å². The first-order valence-electron chi connectivity index (χ1n) is 8.67. The summed E-state index contributed by atoms with van der Waals surface area (Å²) in [5.74, 6) is 0.120. The Morgan fingerprint density at radius 3 is 2.48 bits per heavy atom. The number of rotatable bonds is 4. The van der Waals surface area contributed by atoms with Gasteiger partial charge in [-0.2, -0.15) is 8.42 Å². The Hall–Kier alpha value is -3.09. The van der Waals surface area contributed by atoms with Crippen molar-refractivity contribution >= 4 is 33.6 Å². The van der Waals surface area contributed by atoms with E-state index in [4.69, 9.17) is 20.5 Å². The van der Waals surface area contributed by atoms with Gasteiger partial charge in [0.1, 0.15) is 16.4 Å². The van der Waals surface area contributed by atoms with Crippen LogP contribution in [0.2, 0.25) is 5.02 Å². The van der Waals surface area contributed by atoms with Crippen molar-refractivity contribution in [2.24, 2.45) is 0 Å². The highest BCUT2D eigenvalue weighted by Crippen LogP contribution is 2.35. The molecule has 0 spiro atoms. The monoisotopic (exact) mass is 426 g/mol. The largest absolute Gasteiger partial charge is 0.452 e. The first kappa shape index (κ1) is 19.2. The summed E-state index contributed by atoms with van der Waals surface area (Å²) in [6, 6.07) is 17.6. The Kier molecular flexibility index (Phi) is 4.90. The zero-order valence-corrected chi connectivity index (χ0v) is 16.8. The summed E-state index contributed by atoms with van der Waals surface area (Å²) in [6.07, 6.45) is 1.58. The first-order chi connectivity index (χ1) is 13.8. The summed E-state index contributed by atoms with van der Waals surface area (Å²) in [5, 5.41) is 0.541. The molecule has 146 valence electrons. The zero-order chi connectivity index (χ0) is 20.6. The SMILES string of the molecule is Cc1ccc(S(=O)(=O)Oc2ccc3c(c2)O/C(=C\c2cccc(Cl)c2)C3=O)cc1. The van der Waals surface area contributed by atoms with E-state index in [0.717, 1.165) is 5.56 Å². The third-order valence-electron chi connectivity index (χ3n) is 4.30. The van der Waals surface area contributed by atoms with Crippen molar-refractivity contribution in [3.05, 3.63) is 94.2 Å². The van der Waals surface area contributed by atoms with Gasteiger partial charge in [0.25, 0.3) is 0 Å². The molecule has 0 atom stereocenters. The summed E-state index contributed by atoms with van der Waals surface area (Å²) in [5.41, 5.74) is 1.98. The van der Waals surface area contributed by atoms with Crippen molar-refractivity contribution in [1.82, 2.24) is 0 Å². The summed E-state index contributed by atoms with van der Waals surface area (Å²) in [4.78, 5) is 12.6. The molecule has 0 amide bonds. The Morgan fingerprint density at radius 1 is 1.00 bits per heavy atom. The Balaban J connectivity index is 1.60. The fourth-order valence-corrected chi connectivity index (χ4v) is 3.97. The van der Waals surface area contributed by atoms with Crippen LogP contribution in [0, 0.1) is 6.92 Å². The number of carbonyl (C=O) groups is 1. The number of Topliss-reactive ketones (excluding diaryl/α,β-unsaturated/α-hetero) is 1. The molecule has 0 radical (unpaired) electrons. The second-order valence-electron chi connectivity index (χ2n) is 6.50. The molecular formula is C22H15ClO5S. The minimum Gasteiger partial charge on any atom is -0.452 e. The molecule has 0 saturated carbocycles. The molecule has 5 nitrogen and oxygen atoms in total. The lowest BCUT2D eigenvalue weighted by Crippen LogP contribution is -2.09. The molecule has 0 fully saturated rings. The van der Waals surface area contributed by atoms with Crippen LogP contribution in [-0.2, 0) is 10.1 Å². The van der Waals surface area contributed by atoms with E-state index in [1.54, 1.807) is 42.5 Å². The van der Waals surface area contributed by atoms with E-state index in [1.165, 1.54) is 30.3 Å².